The molecule has 0 unspecified atom stereocenters. The maximum absolute atomic E-state index is 13.3. The molecule has 0 spiro atoms. The van der Waals surface area contributed by atoms with Crippen molar-refractivity contribution in [3.05, 3.63) is 35.4 Å². The first kappa shape index (κ1) is 27.4. The summed E-state index contributed by atoms with van der Waals surface area (Å²) in [7, 11) is -3.68. The van der Waals surface area contributed by atoms with Crippen molar-refractivity contribution in [2.24, 2.45) is 17.6 Å². The summed E-state index contributed by atoms with van der Waals surface area (Å²) in [6.07, 6.45) is 2.07. The number of sulfone groups is 1. The fraction of sp³-hybridized carbons (Fsp3) is 0.625. The van der Waals surface area contributed by atoms with E-state index in [0.29, 0.717) is 18.5 Å². The minimum Gasteiger partial charge on any atom is -0.369 e. The fourth-order valence-corrected chi connectivity index (χ4v) is 7.79. The predicted octanol–water partition coefficient (Wildman–Crippen LogP) is 0.958. The Hall–Kier alpha value is -2.17. The Kier molecular flexibility index (Phi) is 8.49. The third-order valence-electron chi connectivity index (χ3n) is 7.16. The van der Waals surface area contributed by atoms with E-state index < -0.39 is 27.0 Å². The van der Waals surface area contributed by atoms with Gasteiger partial charge in [-0.15, -0.1) is 12.4 Å². The standard InChI is InChI=1S/C24H34N4O5S.ClH/c1-15(2)14-34(32,33)21-20-19(26-23(21)30)9-12-28(20)24(31)18-5-3-16(4-6-18)13-27-10-7-17(8-11-27)22(25)29;/h3-6,15,17,19-21H,7-14H2,1-2H3,(H2,25,29)(H,26,30);1H/t19-,20+,21+;/m0./s1. The normalized spacial score (nSPS) is 25.3. The van der Waals surface area contributed by atoms with Gasteiger partial charge in [-0.1, -0.05) is 26.0 Å². The molecule has 3 aliphatic heterocycles. The van der Waals surface area contributed by atoms with Gasteiger partial charge in [0.25, 0.3) is 5.91 Å². The molecular weight excluding hydrogens is 492 g/mol. The number of nitrogens with zero attached hydrogens (tertiary/aromatic N) is 2. The summed E-state index contributed by atoms with van der Waals surface area (Å²) in [5.74, 6) is -1.21. The molecule has 0 saturated carbocycles. The number of halogens is 1. The summed E-state index contributed by atoms with van der Waals surface area (Å²) in [6, 6.07) is 6.35. The number of carbonyl (C=O) groups excluding carboxylic acids is 3. The Morgan fingerprint density at radius 1 is 1.09 bits per heavy atom. The molecule has 35 heavy (non-hydrogen) atoms. The Labute approximate surface area is 213 Å². The molecule has 0 aliphatic carbocycles. The number of nitrogens with two attached hydrogens (primary N) is 1. The number of primary amides is 1. The van der Waals surface area contributed by atoms with E-state index in [1.54, 1.807) is 30.9 Å². The van der Waals surface area contributed by atoms with Gasteiger partial charge in [0.05, 0.1) is 17.8 Å². The zero-order chi connectivity index (χ0) is 24.6. The van der Waals surface area contributed by atoms with Gasteiger partial charge in [-0.2, -0.15) is 0 Å². The van der Waals surface area contributed by atoms with Crippen LogP contribution < -0.4 is 11.1 Å². The lowest BCUT2D eigenvalue weighted by Gasteiger charge is -2.30. The van der Waals surface area contributed by atoms with E-state index in [1.807, 2.05) is 12.1 Å². The molecule has 3 atom stereocenters. The number of fused-ring (bicyclic) bond motifs is 1. The van der Waals surface area contributed by atoms with Crippen LogP contribution in [0.25, 0.3) is 0 Å². The number of nitrogens with one attached hydrogen (secondary N) is 1. The van der Waals surface area contributed by atoms with Crippen molar-refractivity contribution in [2.75, 3.05) is 25.4 Å². The molecule has 3 amide bonds. The quantitative estimate of drug-likeness (QED) is 0.544. The molecular formula is C24H35ClN4O5S. The van der Waals surface area contributed by atoms with Gasteiger partial charge in [-0.3, -0.25) is 19.3 Å². The summed E-state index contributed by atoms with van der Waals surface area (Å²) >= 11 is 0. The second-order valence-corrected chi connectivity index (χ2v) is 12.4. The molecule has 1 aromatic carbocycles. The maximum Gasteiger partial charge on any atom is 0.254 e. The highest BCUT2D eigenvalue weighted by atomic mass is 35.5. The first-order valence-corrected chi connectivity index (χ1v) is 13.7. The number of hydrogen-bond donors (Lipinski definition) is 2. The van der Waals surface area contributed by atoms with Gasteiger partial charge in [0.1, 0.15) is 0 Å². The number of amides is 3. The number of likely N-dealkylation sites (tertiary alicyclic amines) is 2. The molecule has 3 heterocycles. The van der Waals surface area contributed by atoms with E-state index >= 15 is 0 Å². The van der Waals surface area contributed by atoms with Crippen molar-refractivity contribution < 1.29 is 22.8 Å². The monoisotopic (exact) mass is 526 g/mol. The Morgan fingerprint density at radius 3 is 2.29 bits per heavy atom. The molecule has 3 saturated heterocycles. The Bertz CT molecular complexity index is 1050. The second kappa shape index (κ2) is 10.8. The van der Waals surface area contributed by atoms with Crippen LogP contribution in [0, 0.1) is 11.8 Å². The van der Waals surface area contributed by atoms with Crippen molar-refractivity contribution >= 4 is 40.0 Å². The maximum atomic E-state index is 13.3. The minimum atomic E-state index is -3.68. The van der Waals surface area contributed by atoms with Crippen LogP contribution >= 0.6 is 12.4 Å². The number of piperidine rings is 1. The highest BCUT2D eigenvalue weighted by Crippen LogP contribution is 2.32. The molecule has 194 valence electrons. The first-order chi connectivity index (χ1) is 16.1. The number of rotatable bonds is 7. The van der Waals surface area contributed by atoms with Crippen LogP contribution in [0.1, 0.15) is 49.0 Å². The average Bonchev–Trinajstić information content (AvgIpc) is 3.31. The molecule has 0 bridgehead atoms. The van der Waals surface area contributed by atoms with Crippen molar-refractivity contribution in [1.29, 1.82) is 0 Å². The molecule has 1 aromatic rings. The lowest BCUT2D eigenvalue weighted by molar-refractivity contribution is -0.123. The van der Waals surface area contributed by atoms with Crippen LogP contribution in [0.3, 0.4) is 0 Å². The van der Waals surface area contributed by atoms with Crippen LogP contribution in [-0.2, 0) is 26.0 Å². The van der Waals surface area contributed by atoms with Gasteiger partial charge in [0.15, 0.2) is 15.1 Å². The van der Waals surface area contributed by atoms with Gasteiger partial charge in [0.2, 0.25) is 11.8 Å². The van der Waals surface area contributed by atoms with Gasteiger partial charge in [-0.05, 0) is 56.0 Å². The van der Waals surface area contributed by atoms with E-state index in [1.165, 1.54) is 0 Å². The third kappa shape index (κ3) is 5.81. The van der Waals surface area contributed by atoms with Gasteiger partial charge >= 0.3 is 0 Å². The van der Waals surface area contributed by atoms with Crippen molar-refractivity contribution in [1.82, 2.24) is 15.1 Å². The van der Waals surface area contributed by atoms with Crippen molar-refractivity contribution in [3.8, 4) is 0 Å². The second-order valence-electron chi connectivity index (χ2n) is 10.2. The molecule has 0 radical (unpaired) electrons. The van der Waals surface area contributed by atoms with E-state index in [2.05, 4.69) is 10.2 Å². The highest BCUT2D eigenvalue weighted by Gasteiger charge is 2.55. The van der Waals surface area contributed by atoms with Crippen molar-refractivity contribution in [3.63, 3.8) is 0 Å². The predicted molar refractivity (Wildman–Crippen MR) is 135 cm³/mol. The van der Waals surface area contributed by atoms with E-state index in [0.717, 1.165) is 38.0 Å². The lowest BCUT2D eigenvalue weighted by Crippen LogP contribution is -2.49. The zero-order valence-corrected chi connectivity index (χ0v) is 21.8. The fourth-order valence-electron chi connectivity index (χ4n) is 5.50. The molecule has 0 aromatic heterocycles. The lowest BCUT2D eigenvalue weighted by atomic mass is 9.96. The van der Waals surface area contributed by atoms with Crippen LogP contribution in [-0.4, -0.2) is 78.7 Å². The van der Waals surface area contributed by atoms with Crippen LogP contribution in [0.2, 0.25) is 0 Å². The van der Waals surface area contributed by atoms with Crippen molar-refractivity contribution in [2.45, 2.75) is 57.0 Å². The average molecular weight is 527 g/mol. The number of carbonyl (C=O) groups is 3. The summed E-state index contributed by atoms with van der Waals surface area (Å²) in [6.45, 7) is 6.36. The SMILES string of the molecule is CC(C)CS(=O)(=O)[C@H]1C(=O)N[C@H]2CCN(C(=O)c3ccc(CN4CCC(C(N)=O)CC4)cc3)[C@H]21.Cl. The summed E-state index contributed by atoms with van der Waals surface area (Å²) < 4.78 is 25.9. The van der Waals surface area contributed by atoms with Gasteiger partial charge in [-0.25, -0.2) is 8.42 Å². The zero-order valence-electron chi connectivity index (χ0n) is 20.2. The largest absolute Gasteiger partial charge is 0.369 e. The molecule has 3 N–H and O–H groups in total. The smallest absolute Gasteiger partial charge is 0.254 e. The summed E-state index contributed by atoms with van der Waals surface area (Å²) in [4.78, 5) is 41.1. The molecule has 9 nitrogen and oxygen atoms in total. The van der Waals surface area contributed by atoms with Gasteiger partial charge in [0, 0.05) is 24.6 Å². The van der Waals surface area contributed by atoms with Crippen LogP contribution in [0.5, 0.6) is 0 Å². The van der Waals surface area contributed by atoms with E-state index in [-0.39, 0.29) is 47.9 Å². The Balaban J connectivity index is 0.00000342. The van der Waals surface area contributed by atoms with E-state index in [9.17, 15) is 22.8 Å². The number of benzene rings is 1. The minimum absolute atomic E-state index is 0. The van der Waals surface area contributed by atoms with E-state index in [4.69, 9.17) is 5.73 Å². The molecule has 11 heteroatoms. The first-order valence-electron chi connectivity index (χ1n) is 12.0. The summed E-state index contributed by atoms with van der Waals surface area (Å²) in [5.41, 5.74) is 6.95. The molecule has 3 aliphatic rings. The molecule has 3 fully saturated rings. The van der Waals surface area contributed by atoms with Gasteiger partial charge < -0.3 is 16.0 Å². The molecule has 4 rings (SSSR count). The topological polar surface area (TPSA) is 130 Å². The number of hydrogen-bond acceptors (Lipinski definition) is 6. The summed E-state index contributed by atoms with van der Waals surface area (Å²) in [5, 5.41) is 1.59. The van der Waals surface area contributed by atoms with Crippen LogP contribution in [0.4, 0.5) is 0 Å². The third-order valence-corrected chi connectivity index (χ3v) is 9.56. The Morgan fingerprint density at radius 2 is 1.71 bits per heavy atom. The van der Waals surface area contributed by atoms with Crippen LogP contribution in [0.15, 0.2) is 24.3 Å². The highest BCUT2D eigenvalue weighted by molar-refractivity contribution is 7.92.